The van der Waals surface area contributed by atoms with Gasteiger partial charge in [0.25, 0.3) is 5.91 Å². The molecule has 3 aromatic rings. The largest absolute Gasteiger partial charge is 0.340 e. The Labute approximate surface area is 147 Å². The minimum Gasteiger partial charge on any atom is -0.340 e. The zero-order valence-corrected chi connectivity index (χ0v) is 14.6. The summed E-state index contributed by atoms with van der Waals surface area (Å²) in [4.78, 5) is 17.1. The number of carbonyl (C=O) groups excluding carboxylic acids is 1. The van der Waals surface area contributed by atoms with Crippen LogP contribution < -0.4 is 0 Å². The summed E-state index contributed by atoms with van der Waals surface area (Å²) in [7, 11) is 4.01. The maximum Gasteiger partial charge on any atom is 0.257 e. The number of pyridine rings is 1. The van der Waals surface area contributed by atoms with Gasteiger partial charge in [-0.05, 0) is 36.7 Å². The maximum absolute atomic E-state index is 12.9. The summed E-state index contributed by atoms with van der Waals surface area (Å²) in [5.74, 6) is 0.0217. The Balaban J connectivity index is 1.52. The van der Waals surface area contributed by atoms with E-state index in [1.165, 1.54) is 11.1 Å². The molecular formula is C20H22N4O. The number of carbonyl (C=O) groups is 1. The smallest absolute Gasteiger partial charge is 0.257 e. The van der Waals surface area contributed by atoms with Gasteiger partial charge in [-0.2, -0.15) is 5.10 Å². The molecule has 4 rings (SSSR count). The Morgan fingerprint density at radius 1 is 1.20 bits per heavy atom. The normalized spacial score (nSPS) is 17.4. The molecule has 3 heterocycles. The summed E-state index contributed by atoms with van der Waals surface area (Å²) in [6, 6.07) is 14.7. The van der Waals surface area contributed by atoms with E-state index in [-0.39, 0.29) is 5.91 Å². The van der Waals surface area contributed by atoms with Crippen LogP contribution in [0.5, 0.6) is 0 Å². The van der Waals surface area contributed by atoms with E-state index in [9.17, 15) is 4.79 Å². The third kappa shape index (κ3) is 2.91. The van der Waals surface area contributed by atoms with Gasteiger partial charge in [0.1, 0.15) is 0 Å². The molecule has 0 spiro atoms. The number of hydrogen-bond donors (Lipinski definition) is 0. The molecule has 0 N–H and O–H groups in total. The molecule has 0 fully saturated rings. The van der Waals surface area contributed by atoms with Crippen LogP contribution in [-0.4, -0.2) is 52.0 Å². The number of rotatable bonds is 3. The van der Waals surface area contributed by atoms with Crippen molar-refractivity contribution in [2.24, 2.45) is 0 Å². The van der Waals surface area contributed by atoms with Crippen LogP contribution in [0.4, 0.5) is 0 Å². The van der Waals surface area contributed by atoms with E-state index in [0.717, 1.165) is 18.5 Å². The zero-order valence-electron chi connectivity index (χ0n) is 14.6. The lowest BCUT2D eigenvalue weighted by molar-refractivity contribution is 0.0735. The standard InChI is InChI=1S/C20H22N4O/c1-22-13-16-8-4-3-7-15(16)11-17(22)14-23(2)20(25)18-12-21-24-10-6-5-9-19(18)24/h3-10,12,17H,11,13-14H2,1-2H3/t17-/m0/s1. The van der Waals surface area contributed by atoms with Gasteiger partial charge in [-0.3, -0.25) is 9.69 Å². The van der Waals surface area contributed by atoms with Gasteiger partial charge in [-0.15, -0.1) is 0 Å². The van der Waals surface area contributed by atoms with E-state index in [4.69, 9.17) is 0 Å². The Morgan fingerprint density at radius 3 is 2.80 bits per heavy atom. The second-order valence-corrected chi connectivity index (χ2v) is 6.82. The first-order chi connectivity index (χ1) is 12.1. The first-order valence-electron chi connectivity index (χ1n) is 8.58. The van der Waals surface area contributed by atoms with Gasteiger partial charge < -0.3 is 4.90 Å². The van der Waals surface area contributed by atoms with Crippen LogP contribution in [-0.2, 0) is 13.0 Å². The molecule has 0 bridgehead atoms. The summed E-state index contributed by atoms with van der Waals surface area (Å²) in [5, 5.41) is 4.27. The SMILES string of the molecule is CN(C[C@@H]1Cc2ccccc2CN1C)C(=O)c1cnn2ccccc12. The van der Waals surface area contributed by atoms with Crippen LogP contribution in [0, 0.1) is 0 Å². The van der Waals surface area contributed by atoms with Crippen LogP contribution in [0.15, 0.2) is 54.9 Å². The fourth-order valence-electron chi connectivity index (χ4n) is 3.63. The topological polar surface area (TPSA) is 40.8 Å². The Bertz CT molecular complexity index is 917. The highest BCUT2D eigenvalue weighted by atomic mass is 16.2. The molecule has 1 atom stereocenters. The minimum absolute atomic E-state index is 0.0217. The molecular weight excluding hydrogens is 312 g/mol. The quantitative estimate of drug-likeness (QED) is 0.739. The van der Waals surface area contributed by atoms with Crippen molar-refractivity contribution in [2.45, 2.75) is 19.0 Å². The molecule has 0 radical (unpaired) electrons. The van der Waals surface area contributed by atoms with E-state index in [1.807, 2.05) is 36.3 Å². The molecule has 5 heteroatoms. The van der Waals surface area contributed by atoms with Crippen molar-refractivity contribution in [3.05, 3.63) is 71.5 Å². The maximum atomic E-state index is 12.9. The van der Waals surface area contributed by atoms with Crippen molar-refractivity contribution in [2.75, 3.05) is 20.6 Å². The van der Waals surface area contributed by atoms with Crippen molar-refractivity contribution in [1.82, 2.24) is 19.4 Å². The lowest BCUT2D eigenvalue weighted by Crippen LogP contribution is -2.46. The average Bonchev–Trinajstić information content (AvgIpc) is 3.05. The third-order valence-electron chi connectivity index (χ3n) is 5.11. The molecule has 0 unspecified atom stereocenters. The molecule has 2 aromatic heterocycles. The number of likely N-dealkylation sites (N-methyl/N-ethyl adjacent to an activating group) is 2. The molecule has 1 amide bonds. The van der Waals surface area contributed by atoms with E-state index in [0.29, 0.717) is 18.2 Å². The molecule has 1 aliphatic rings. The number of hydrogen-bond acceptors (Lipinski definition) is 3. The van der Waals surface area contributed by atoms with E-state index in [1.54, 1.807) is 10.7 Å². The highest BCUT2D eigenvalue weighted by Crippen LogP contribution is 2.23. The van der Waals surface area contributed by atoms with E-state index >= 15 is 0 Å². The fraction of sp³-hybridized carbons (Fsp3) is 0.300. The second kappa shape index (κ2) is 6.33. The number of nitrogens with zero attached hydrogens (tertiary/aromatic N) is 4. The van der Waals surface area contributed by atoms with Gasteiger partial charge in [-0.25, -0.2) is 4.52 Å². The van der Waals surface area contributed by atoms with Crippen molar-refractivity contribution in [3.8, 4) is 0 Å². The summed E-state index contributed by atoms with van der Waals surface area (Å²) in [6.45, 7) is 1.63. The Morgan fingerprint density at radius 2 is 1.96 bits per heavy atom. The summed E-state index contributed by atoms with van der Waals surface area (Å²) in [6.07, 6.45) is 4.49. The molecule has 0 aliphatic carbocycles. The lowest BCUT2D eigenvalue weighted by Gasteiger charge is -2.36. The first kappa shape index (κ1) is 15.8. The number of fused-ring (bicyclic) bond motifs is 2. The summed E-state index contributed by atoms with van der Waals surface area (Å²) >= 11 is 0. The lowest BCUT2D eigenvalue weighted by atomic mass is 9.94. The molecule has 5 nitrogen and oxygen atoms in total. The van der Waals surface area contributed by atoms with Gasteiger partial charge in [-0.1, -0.05) is 30.3 Å². The third-order valence-corrected chi connectivity index (χ3v) is 5.11. The van der Waals surface area contributed by atoms with Crippen LogP contribution in [0.2, 0.25) is 0 Å². The van der Waals surface area contributed by atoms with Gasteiger partial charge in [0.05, 0.1) is 17.3 Å². The summed E-state index contributed by atoms with van der Waals surface area (Å²) in [5.41, 5.74) is 4.28. The minimum atomic E-state index is 0.0217. The Hall–Kier alpha value is -2.66. The molecule has 0 saturated heterocycles. The van der Waals surface area contributed by atoms with Crippen molar-refractivity contribution < 1.29 is 4.79 Å². The average molecular weight is 334 g/mol. The van der Waals surface area contributed by atoms with Crippen LogP contribution in [0.3, 0.4) is 0 Å². The number of amides is 1. The summed E-state index contributed by atoms with van der Waals surface area (Å²) < 4.78 is 1.74. The zero-order chi connectivity index (χ0) is 17.4. The molecule has 1 aliphatic heterocycles. The van der Waals surface area contributed by atoms with Crippen LogP contribution in [0.1, 0.15) is 21.5 Å². The van der Waals surface area contributed by atoms with Gasteiger partial charge in [0, 0.05) is 32.4 Å². The number of aromatic nitrogens is 2. The van der Waals surface area contributed by atoms with E-state index in [2.05, 4.69) is 41.3 Å². The molecule has 0 saturated carbocycles. The fourth-order valence-corrected chi connectivity index (χ4v) is 3.63. The van der Waals surface area contributed by atoms with Gasteiger partial charge in [0.15, 0.2) is 0 Å². The van der Waals surface area contributed by atoms with Crippen LogP contribution in [0.25, 0.3) is 5.52 Å². The Kier molecular flexibility index (Phi) is 4.01. The van der Waals surface area contributed by atoms with Crippen molar-refractivity contribution in [3.63, 3.8) is 0 Å². The predicted octanol–water partition coefficient (Wildman–Crippen LogP) is 2.46. The van der Waals surface area contributed by atoms with Crippen molar-refractivity contribution >= 4 is 11.4 Å². The molecule has 128 valence electrons. The number of benzene rings is 1. The predicted molar refractivity (Wildman–Crippen MR) is 97.6 cm³/mol. The highest BCUT2D eigenvalue weighted by molar-refractivity contribution is 6.00. The molecule has 1 aromatic carbocycles. The van der Waals surface area contributed by atoms with Crippen molar-refractivity contribution in [1.29, 1.82) is 0 Å². The highest BCUT2D eigenvalue weighted by Gasteiger charge is 2.26. The first-order valence-corrected chi connectivity index (χ1v) is 8.58. The van der Waals surface area contributed by atoms with Gasteiger partial charge in [0.2, 0.25) is 0 Å². The van der Waals surface area contributed by atoms with Gasteiger partial charge >= 0.3 is 0 Å². The monoisotopic (exact) mass is 334 g/mol. The molecule has 25 heavy (non-hydrogen) atoms. The van der Waals surface area contributed by atoms with Crippen LogP contribution >= 0.6 is 0 Å². The van der Waals surface area contributed by atoms with E-state index < -0.39 is 0 Å². The second-order valence-electron chi connectivity index (χ2n) is 6.82.